The average Bonchev–Trinajstić information content (AvgIpc) is 3.10. The molecule has 0 unspecified atom stereocenters. The third-order valence-corrected chi connectivity index (χ3v) is 4.07. The lowest BCUT2D eigenvalue weighted by Crippen LogP contribution is -2.04. The van der Waals surface area contributed by atoms with Crippen LogP contribution in [-0.4, -0.2) is 33.5 Å². The van der Waals surface area contributed by atoms with E-state index < -0.39 is 0 Å². The quantitative estimate of drug-likeness (QED) is 0.525. The second-order valence-corrected chi connectivity index (χ2v) is 5.78. The number of hydrogen-bond acceptors (Lipinski definition) is 6. The minimum atomic E-state index is 0.452. The van der Waals surface area contributed by atoms with Gasteiger partial charge in [-0.2, -0.15) is 9.78 Å². The van der Waals surface area contributed by atoms with Crippen molar-refractivity contribution >= 4 is 35.1 Å². The molecular formula is C16H14Cl2N6O. The summed E-state index contributed by atoms with van der Waals surface area (Å²) in [7, 11) is 1.62. The molecule has 25 heavy (non-hydrogen) atoms. The van der Waals surface area contributed by atoms with Gasteiger partial charge in [-0.15, -0.1) is 5.10 Å². The van der Waals surface area contributed by atoms with Crippen LogP contribution in [0, 0.1) is 0 Å². The van der Waals surface area contributed by atoms with Crippen LogP contribution in [0.15, 0.2) is 47.6 Å². The van der Waals surface area contributed by atoms with Crippen LogP contribution < -0.4 is 10.2 Å². The van der Waals surface area contributed by atoms with Gasteiger partial charge in [-0.1, -0.05) is 23.2 Å². The Labute approximate surface area is 154 Å². The summed E-state index contributed by atoms with van der Waals surface area (Å²) in [6.07, 6.45) is 2.13. The van der Waals surface area contributed by atoms with Gasteiger partial charge in [0, 0.05) is 12.6 Å². The van der Waals surface area contributed by atoms with Crippen molar-refractivity contribution in [1.29, 1.82) is 0 Å². The number of tetrazole rings is 1. The van der Waals surface area contributed by atoms with E-state index in [-0.39, 0.29) is 0 Å². The molecule has 0 aliphatic carbocycles. The van der Waals surface area contributed by atoms with Crippen LogP contribution in [-0.2, 0) is 6.42 Å². The third kappa shape index (κ3) is 4.26. The van der Waals surface area contributed by atoms with Crippen LogP contribution in [0.25, 0.3) is 5.69 Å². The van der Waals surface area contributed by atoms with Gasteiger partial charge in [0.05, 0.1) is 28.5 Å². The number of ether oxygens (including phenoxy) is 1. The Balaban J connectivity index is 1.65. The lowest BCUT2D eigenvalue weighted by atomic mass is 10.3. The van der Waals surface area contributed by atoms with E-state index in [1.54, 1.807) is 36.2 Å². The molecule has 1 heterocycles. The van der Waals surface area contributed by atoms with Gasteiger partial charge in [0.25, 0.3) is 0 Å². The lowest BCUT2D eigenvalue weighted by molar-refractivity contribution is 0.414. The molecule has 3 aromatic rings. The molecular weight excluding hydrogens is 363 g/mol. The molecule has 128 valence electrons. The van der Waals surface area contributed by atoms with Crippen LogP contribution in [0.4, 0.5) is 5.69 Å². The van der Waals surface area contributed by atoms with Crippen LogP contribution in [0.3, 0.4) is 0 Å². The maximum atomic E-state index is 5.96. The minimum Gasteiger partial charge on any atom is -0.497 e. The predicted molar refractivity (Wildman–Crippen MR) is 98.0 cm³/mol. The molecule has 9 heteroatoms. The van der Waals surface area contributed by atoms with Gasteiger partial charge < -0.3 is 4.74 Å². The first-order valence-corrected chi connectivity index (χ1v) is 8.07. The number of rotatable bonds is 6. The van der Waals surface area contributed by atoms with E-state index in [0.29, 0.717) is 22.3 Å². The number of benzene rings is 2. The van der Waals surface area contributed by atoms with Gasteiger partial charge >= 0.3 is 0 Å². The van der Waals surface area contributed by atoms with Crippen molar-refractivity contribution < 1.29 is 4.74 Å². The maximum absolute atomic E-state index is 5.96. The first-order valence-electron chi connectivity index (χ1n) is 7.31. The number of methoxy groups -OCH3 is 1. The molecule has 2 aromatic carbocycles. The summed E-state index contributed by atoms with van der Waals surface area (Å²) in [5, 5.41) is 16.8. The van der Waals surface area contributed by atoms with Crippen LogP contribution in [0.2, 0.25) is 10.0 Å². The average molecular weight is 377 g/mol. The molecule has 7 nitrogen and oxygen atoms in total. The summed E-state index contributed by atoms with van der Waals surface area (Å²) in [6.45, 7) is 0. The standard InChI is InChI=1S/C16H14Cl2N6O/c1-25-13-5-3-12(4-6-13)24-16(21-22-23-24)8-9-19-20-11-2-7-14(17)15(18)10-11/h2-7,9-10,20H,8H2,1H3. The molecule has 0 aliphatic heterocycles. The highest BCUT2D eigenvalue weighted by Crippen LogP contribution is 2.24. The van der Waals surface area contributed by atoms with E-state index in [9.17, 15) is 0 Å². The Morgan fingerprint density at radius 1 is 1.16 bits per heavy atom. The fraction of sp³-hybridized carbons (Fsp3) is 0.125. The zero-order valence-electron chi connectivity index (χ0n) is 13.2. The summed E-state index contributed by atoms with van der Waals surface area (Å²) in [4.78, 5) is 0. The summed E-state index contributed by atoms with van der Waals surface area (Å²) < 4.78 is 6.79. The van der Waals surface area contributed by atoms with Crippen molar-refractivity contribution in [3.63, 3.8) is 0 Å². The van der Waals surface area contributed by atoms with Crippen molar-refractivity contribution in [1.82, 2.24) is 20.2 Å². The minimum absolute atomic E-state index is 0.452. The van der Waals surface area contributed by atoms with E-state index >= 15 is 0 Å². The molecule has 0 atom stereocenters. The number of nitrogens with one attached hydrogen (secondary N) is 1. The molecule has 0 aliphatic rings. The van der Waals surface area contributed by atoms with Crippen molar-refractivity contribution in [2.75, 3.05) is 12.5 Å². The van der Waals surface area contributed by atoms with Gasteiger partial charge in [0.15, 0.2) is 5.82 Å². The van der Waals surface area contributed by atoms with Gasteiger partial charge in [-0.3, -0.25) is 5.43 Å². The molecule has 3 rings (SSSR count). The second-order valence-electron chi connectivity index (χ2n) is 4.96. The Morgan fingerprint density at radius 2 is 1.96 bits per heavy atom. The van der Waals surface area contributed by atoms with E-state index in [4.69, 9.17) is 27.9 Å². The fourth-order valence-corrected chi connectivity index (χ4v) is 2.37. The molecule has 0 amide bonds. The largest absolute Gasteiger partial charge is 0.497 e. The van der Waals surface area contributed by atoms with Gasteiger partial charge in [-0.05, 0) is 52.9 Å². The topological polar surface area (TPSA) is 77.2 Å². The number of nitrogens with zero attached hydrogens (tertiary/aromatic N) is 5. The smallest absolute Gasteiger partial charge is 0.162 e. The first kappa shape index (κ1) is 17.2. The van der Waals surface area contributed by atoms with Crippen molar-refractivity contribution in [2.45, 2.75) is 6.42 Å². The Hall–Kier alpha value is -2.64. The normalized spacial score (nSPS) is 11.0. The molecule has 0 bridgehead atoms. The summed E-state index contributed by atoms with van der Waals surface area (Å²) in [5.74, 6) is 1.43. The van der Waals surface area contributed by atoms with Gasteiger partial charge in [0.1, 0.15) is 5.75 Å². The van der Waals surface area contributed by atoms with Gasteiger partial charge in [-0.25, -0.2) is 0 Å². The molecule has 0 spiro atoms. The number of hydrazone groups is 1. The molecule has 1 aromatic heterocycles. The monoisotopic (exact) mass is 376 g/mol. The Morgan fingerprint density at radius 3 is 2.68 bits per heavy atom. The maximum Gasteiger partial charge on any atom is 0.162 e. The number of halogens is 2. The van der Waals surface area contributed by atoms with Crippen molar-refractivity contribution in [3.8, 4) is 11.4 Å². The highest BCUT2D eigenvalue weighted by Gasteiger charge is 2.07. The second kappa shape index (κ2) is 7.96. The summed E-state index contributed by atoms with van der Waals surface area (Å²) in [6, 6.07) is 12.6. The van der Waals surface area contributed by atoms with Crippen molar-refractivity contribution in [3.05, 3.63) is 58.3 Å². The Kier molecular flexibility index (Phi) is 5.47. The molecule has 0 radical (unpaired) electrons. The van der Waals surface area contributed by atoms with Crippen molar-refractivity contribution in [2.24, 2.45) is 5.10 Å². The number of aromatic nitrogens is 4. The summed E-state index contributed by atoms with van der Waals surface area (Å²) >= 11 is 11.8. The lowest BCUT2D eigenvalue weighted by Gasteiger charge is -2.04. The van der Waals surface area contributed by atoms with Crippen LogP contribution in [0.5, 0.6) is 5.75 Å². The fourth-order valence-electron chi connectivity index (χ4n) is 2.07. The highest BCUT2D eigenvalue weighted by molar-refractivity contribution is 6.42. The molecule has 0 saturated carbocycles. The van der Waals surface area contributed by atoms with E-state index in [2.05, 4.69) is 26.1 Å². The predicted octanol–water partition coefficient (Wildman–Crippen LogP) is 3.62. The summed E-state index contributed by atoms with van der Waals surface area (Å²) in [5.41, 5.74) is 4.46. The first-order chi connectivity index (χ1) is 12.2. The third-order valence-electron chi connectivity index (χ3n) is 3.33. The Bertz CT molecular complexity index is 879. The molecule has 0 saturated heterocycles. The molecule has 0 fully saturated rings. The van der Waals surface area contributed by atoms with Crippen LogP contribution >= 0.6 is 23.2 Å². The van der Waals surface area contributed by atoms with E-state index in [1.807, 2.05) is 24.3 Å². The van der Waals surface area contributed by atoms with E-state index in [1.165, 1.54) is 0 Å². The number of hydrogen-bond donors (Lipinski definition) is 1. The SMILES string of the molecule is COc1ccc(-n2nnnc2CC=NNc2ccc(Cl)c(Cl)c2)cc1. The van der Waals surface area contributed by atoms with Gasteiger partial charge in [0.2, 0.25) is 0 Å². The molecule has 1 N–H and O–H groups in total. The van der Waals surface area contributed by atoms with Crippen LogP contribution in [0.1, 0.15) is 5.82 Å². The van der Waals surface area contributed by atoms with E-state index in [0.717, 1.165) is 17.1 Å². The number of anilines is 1. The zero-order chi connectivity index (χ0) is 17.6. The zero-order valence-corrected chi connectivity index (χ0v) is 14.7. The highest BCUT2D eigenvalue weighted by atomic mass is 35.5.